The topological polar surface area (TPSA) is 92.5 Å². The Morgan fingerprint density at radius 3 is 2.17 bits per heavy atom. The van der Waals surface area contributed by atoms with Gasteiger partial charge in [0.25, 0.3) is 17.5 Å². The number of para-hydroxylation sites is 1. The zero-order chi connectivity index (χ0) is 20.8. The van der Waals surface area contributed by atoms with E-state index in [2.05, 4.69) is 5.32 Å². The van der Waals surface area contributed by atoms with Crippen LogP contribution in [0.3, 0.4) is 0 Å². The van der Waals surface area contributed by atoms with E-state index in [4.69, 9.17) is 0 Å². The Bertz CT molecular complexity index is 1030. The van der Waals surface area contributed by atoms with Crippen LogP contribution in [0, 0.1) is 10.1 Å². The Balaban J connectivity index is 1.67. The molecule has 0 unspecified atom stereocenters. The summed E-state index contributed by atoms with van der Waals surface area (Å²) in [6.07, 6.45) is 0. The van der Waals surface area contributed by atoms with Gasteiger partial charge in [-0.05, 0) is 36.4 Å². The summed E-state index contributed by atoms with van der Waals surface area (Å²) in [7, 11) is 1.59. The Labute approximate surface area is 167 Å². The van der Waals surface area contributed by atoms with Crippen molar-refractivity contribution >= 4 is 23.2 Å². The predicted molar refractivity (Wildman–Crippen MR) is 110 cm³/mol. The highest BCUT2D eigenvalue weighted by atomic mass is 16.6. The number of hydrogen-bond acceptors (Lipinski definition) is 4. The van der Waals surface area contributed by atoms with Crippen LogP contribution in [0.1, 0.15) is 26.3 Å². The molecular weight excluding hydrogens is 370 g/mol. The highest BCUT2D eigenvalue weighted by Gasteiger charge is 2.18. The number of rotatable bonds is 6. The van der Waals surface area contributed by atoms with Crippen molar-refractivity contribution in [3.8, 4) is 0 Å². The number of nitro benzene ring substituents is 1. The van der Waals surface area contributed by atoms with Gasteiger partial charge in [-0.15, -0.1) is 0 Å². The summed E-state index contributed by atoms with van der Waals surface area (Å²) >= 11 is 0. The summed E-state index contributed by atoms with van der Waals surface area (Å²) in [6.45, 7) is 0.114. The predicted octanol–water partition coefficient (Wildman–Crippen LogP) is 4.12. The molecule has 0 fully saturated rings. The summed E-state index contributed by atoms with van der Waals surface area (Å²) in [5.41, 5.74) is 1.96. The van der Waals surface area contributed by atoms with Gasteiger partial charge in [-0.1, -0.05) is 36.4 Å². The first-order chi connectivity index (χ1) is 14.0. The minimum atomic E-state index is -0.460. The van der Waals surface area contributed by atoms with Crippen LogP contribution in [0.15, 0.2) is 78.9 Å². The molecule has 0 bridgehead atoms. The van der Waals surface area contributed by atoms with Gasteiger partial charge in [-0.2, -0.15) is 0 Å². The lowest BCUT2D eigenvalue weighted by atomic mass is 10.1. The number of benzene rings is 3. The summed E-state index contributed by atoms with van der Waals surface area (Å²) < 4.78 is 0. The minimum absolute atomic E-state index is 0.0221. The van der Waals surface area contributed by atoms with Gasteiger partial charge in [0.15, 0.2) is 0 Å². The SMILES string of the molecule is CN(Cc1ccccc1[N+](=O)[O-])C(=O)c1ccc(NC(=O)c2ccccc2)cc1. The van der Waals surface area contributed by atoms with Crippen LogP contribution in [-0.4, -0.2) is 28.7 Å². The standard InChI is InChI=1S/C22H19N3O4/c1-24(15-18-9-5-6-10-20(18)25(28)29)22(27)17-11-13-19(14-12-17)23-21(26)16-7-3-2-4-8-16/h2-14H,15H2,1H3,(H,23,26). The largest absolute Gasteiger partial charge is 0.337 e. The molecule has 1 N–H and O–H groups in total. The first kappa shape index (κ1) is 19.8. The normalized spacial score (nSPS) is 10.2. The number of carbonyl (C=O) groups is 2. The van der Waals surface area contributed by atoms with Gasteiger partial charge >= 0.3 is 0 Å². The van der Waals surface area contributed by atoms with Gasteiger partial charge in [-0.25, -0.2) is 0 Å². The van der Waals surface area contributed by atoms with Crippen LogP contribution in [0.25, 0.3) is 0 Å². The van der Waals surface area contributed by atoms with E-state index in [1.165, 1.54) is 11.0 Å². The van der Waals surface area contributed by atoms with Crippen molar-refractivity contribution in [1.82, 2.24) is 4.90 Å². The molecule has 2 amide bonds. The molecule has 0 aromatic heterocycles. The van der Waals surface area contributed by atoms with Crippen molar-refractivity contribution in [3.05, 3.63) is 106 Å². The maximum absolute atomic E-state index is 12.7. The van der Waals surface area contributed by atoms with Crippen molar-refractivity contribution < 1.29 is 14.5 Å². The van der Waals surface area contributed by atoms with E-state index < -0.39 is 4.92 Å². The van der Waals surface area contributed by atoms with Gasteiger partial charge in [0.2, 0.25) is 0 Å². The first-order valence-corrected chi connectivity index (χ1v) is 8.90. The van der Waals surface area contributed by atoms with E-state index in [9.17, 15) is 19.7 Å². The fourth-order valence-corrected chi connectivity index (χ4v) is 2.86. The molecule has 0 aliphatic carbocycles. The van der Waals surface area contributed by atoms with Crippen molar-refractivity contribution in [2.45, 2.75) is 6.54 Å². The van der Waals surface area contributed by atoms with E-state index >= 15 is 0 Å². The molecule has 7 heteroatoms. The summed E-state index contributed by atoms with van der Waals surface area (Å²) in [5.74, 6) is -0.512. The molecule has 146 valence electrons. The van der Waals surface area contributed by atoms with Gasteiger partial charge < -0.3 is 10.2 Å². The van der Waals surface area contributed by atoms with Gasteiger partial charge in [0.1, 0.15) is 0 Å². The van der Waals surface area contributed by atoms with Crippen LogP contribution >= 0.6 is 0 Å². The van der Waals surface area contributed by atoms with E-state index in [1.807, 2.05) is 6.07 Å². The lowest BCUT2D eigenvalue weighted by molar-refractivity contribution is -0.385. The smallest absolute Gasteiger partial charge is 0.274 e. The molecule has 0 spiro atoms. The van der Waals surface area contributed by atoms with Crippen molar-refractivity contribution in [1.29, 1.82) is 0 Å². The highest BCUT2D eigenvalue weighted by Crippen LogP contribution is 2.20. The molecule has 3 rings (SSSR count). The number of hydrogen-bond donors (Lipinski definition) is 1. The van der Waals surface area contributed by atoms with Crippen LogP contribution in [-0.2, 0) is 6.54 Å². The Morgan fingerprint density at radius 1 is 0.897 bits per heavy atom. The molecule has 7 nitrogen and oxygen atoms in total. The molecule has 0 atom stereocenters. The maximum atomic E-state index is 12.7. The molecule has 0 heterocycles. The molecule has 0 saturated heterocycles. The number of nitrogens with one attached hydrogen (secondary N) is 1. The number of anilines is 1. The van der Waals surface area contributed by atoms with Crippen LogP contribution in [0.2, 0.25) is 0 Å². The molecule has 0 radical (unpaired) electrons. The first-order valence-electron chi connectivity index (χ1n) is 8.90. The summed E-state index contributed by atoms with van der Waals surface area (Å²) in [4.78, 5) is 36.9. The van der Waals surface area contributed by atoms with Crippen LogP contribution in [0.5, 0.6) is 0 Å². The minimum Gasteiger partial charge on any atom is -0.337 e. The molecular formula is C22H19N3O4. The third-order valence-electron chi connectivity index (χ3n) is 4.37. The lowest BCUT2D eigenvalue weighted by Crippen LogP contribution is -2.26. The molecule has 3 aromatic carbocycles. The number of carbonyl (C=O) groups excluding carboxylic acids is 2. The molecule has 0 aliphatic heterocycles. The van der Waals surface area contributed by atoms with Crippen molar-refractivity contribution in [2.75, 3.05) is 12.4 Å². The molecule has 3 aromatic rings. The number of nitro groups is 1. The van der Waals surface area contributed by atoms with E-state index in [-0.39, 0.29) is 24.0 Å². The van der Waals surface area contributed by atoms with E-state index in [0.717, 1.165) is 0 Å². The highest BCUT2D eigenvalue weighted by molar-refractivity contribution is 6.04. The Kier molecular flexibility index (Phi) is 5.99. The summed E-state index contributed by atoms with van der Waals surface area (Å²) in [6, 6.07) is 21.7. The van der Waals surface area contributed by atoms with Gasteiger partial charge in [-0.3, -0.25) is 19.7 Å². The molecule has 0 aliphatic rings. The van der Waals surface area contributed by atoms with Crippen LogP contribution < -0.4 is 5.32 Å². The number of nitrogens with zero attached hydrogens (tertiary/aromatic N) is 2. The Morgan fingerprint density at radius 2 is 1.52 bits per heavy atom. The Hall–Kier alpha value is -4.00. The average Bonchev–Trinajstić information content (AvgIpc) is 2.74. The zero-order valence-electron chi connectivity index (χ0n) is 15.7. The van der Waals surface area contributed by atoms with Crippen LogP contribution in [0.4, 0.5) is 11.4 Å². The molecule has 0 saturated carbocycles. The second-order valence-corrected chi connectivity index (χ2v) is 6.44. The molecule has 29 heavy (non-hydrogen) atoms. The van der Waals surface area contributed by atoms with Gasteiger partial charge in [0.05, 0.1) is 11.5 Å². The quantitative estimate of drug-likeness (QED) is 0.507. The zero-order valence-corrected chi connectivity index (χ0v) is 15.7. The fraction of sp³-hybridized carbons (Fsp3) is 0.0909. The van der Waals surface area contributed by atoms with Crippen molar-refractivity contribution in [3.63, 3.8) is 0 Å². The van der Waals surface area contributed by atoms with Crippen molar-refractivity contribution in [2.24, 2.45) is 0 Å². The maximum Gasteiger partial charge on any atom is 0.274 e. The van der Waals surface area contributed by atoms with E-state index in [0.29, 0.717) is 22.4 Å². The lowest BCUT2D eigenvalue weighted by Gasteiger charge is -2.17. The third-order valence-corrected chi connectivity index (χ3v) is 4.37. The monoisotopic (exact) mass is 389 g/mol. The summed E-state index contributed by atoms with van der Waals surface area (Å²) in [5, 5.41) is 13.9. The fourth-order valence-electron chi connectivity index (χ4n) is 2.86. The number of amides is 2. The average molecular weight is 389 g/mol. The van der Waals surface area contributed by atoms with E-state index in [1.54, 1.807) is 73.8 Å². The second kappa shape index (κ2) is 8.79. The van der Waals surface area contributed by atoms with Gasteiger partial charge in [0, 0.05) is 35.5 Å². The second-order valence-electron chi connectivity index (χ2n) is 6.44. The third kappa shape index (κ3) is 4.84.